The van der Waals surface area contributed by atoms with E-state index < -0.39 is 0 Å². The molecule has 0 spiro atoms. The molecule has 3 aromatic rings. The van der Waals surface area contributed by atoms with Gasteiger partial charge in [-0.1, -0.05) is 0 Å². The molecule has 1 amide bonds. The van der Waals surface area contributed by atoms with E-state index in [2.05, 4.69) is 20.7 Å². The third-order valence-electron chi connectivity index (χ3n) is 4.11. The molecule has 6 heteroatoms. The van der Waals surface area contributed by atoms with E-state index >= 15 is 0 Å². The van der Waals surface area contributed by atoms with Crippen molar-refractivity contribution in [2.24, 2.45) is 0 Å². The number of rotatable bonds is 3. The normalized spacial score (nSPS) is 17.6. The van der Waals surface area contributed by atoms with Crippen molar-refractivity contribution in [2.75, 3.05) is 18.4 Å². The summed E-state index contributed by atoms with van der Waals surface area (Å²) in [7, 11) is 0. The van der Waals surface area contributed by atoms with Gasteiger partial charge in [-0.15, -0.1) is 11.3 Å². The lowest BCUT2D eigenvalue weighted by molar-refractivity contribution is 0.0791. The topological polar surface area (TPSA) is 58.1 Å². The van der Waals surface area contributed by atoms with Gasteiger partial charge in [-0.2, -0.15) is 0 Å². The number of nitrogens with zero attached hydrogens (tertiary/aromatic N) is 3. The number of hydrogen-bond acceptors (Lipinski definition) is 5. The molecule has 1 saturated heterocycles. The Hall–Kier alpha value is -2.47. The summed E-state index contributed by atoms with van der Waals surface area (Å²) < 4.78 is 1.17. The summed E-state index contributed by atoms with van der Waals surface area (Å²) in [6.07, 6.45) is 6.09. The smallest absolute Gasteiger partial charge is 0.254 e. The van der Waals surface area contributed by atoms with E-state index in [4.69, 9.17) is 0 Å². The van der Waals surface area contributed by atoms with Crippen molar-refractivity contribution in [1.29, 1.82) is 0 Å². The fourth-order valence-electron chi connectivity index (χ4n) is 2.95. The van der Waals surface area contributed by atoms with Gasteiger partial charge in [-0.05, 0) is 36.1 Å². The quantitative estimate of drug-likeness (QED) is 0.804. The van der Waals surface area contributed by atoms with Gasteiger partial charge in [0.25, 0.3) is 5.91 Å². The van der Waals surface area contributed by atoms with Crippen LogP contribution in [0.1, 0.15) is 16.8 Å². The number of likely N-dealkylation sites (tertiary alicyclic amines) is 1. The van der Waals surface area contributed by atoms with E-state index in [0.29, 0.717) is 5.56 Å². The molecular formula is C17H16N4OS. The van der Waals surface area contributed by atoms with E-state index in [0.717, 1.165) is 30.7 Å². The molecule has 5 nitrogen and oxygen atoms in total. The Bertz CT molecular complexity index is 833. The second-order valence-electron chi connectivity index (χ2n) is 5.61. The highest BCUT2D eigenvalue weighted by Gasteiger charge is 2.27. The number of carbonyl (C=O) groups excluding carboxylic acids is 1. The molecule has 1 aliphatic rings. The number of nitrogens with one attached hydrogen (secondary N) is 1. The SMILES string of the molecule is O=C(c1ccncc1)N1CC[C@H](Nc2ccnc3ccsc23)C1. The molecule has 23 heavy (non-hydrogen) atoms. The number of fused-ring (bicyclic) bond motifs is 1. The molecule has 4 rings (SSSR count). The Balaban J connectivity index is 1.47. The maximum absolute atomic E-state index is 12.5. The van der Waals surface area contributed by atoms with Crippen LogP contribution in [0.15, 0.2) is 48.2 Å². The summed E-state index contributed by atoms with van der Waals surface area (Å²) in [5, 5.41) is 5.62. The molecule has 1 N–H and O–H groups in total. The van der Waals surface area contributed by atoms with Gasteiger partial charge in [0.2, 0.25) is 0 Å². The summed E-state index contributed by atoms with van der Waals surface area (Å²) >= 11 is 1.69. The van der Waals surface area contributed by atoms with Crippen molar-refractivity contribution < 1.29 is 4.79 Å². The zero-order valence-electron chi connectivity index (χ0n) is 12.5. The number of carbonyl (C=O) groups is 1. The van der Waals surface area contributed by atoms with Gasteiger partial charge >= 0.3 is 0 Å². The zero-order chi connectivity index (χ0) is 15.6. The van der Waals surface area contributed by atoms with E-state index in [1.54, 1.807) is 35.9 Å². The van der Waals surface area contributed by atoms with Crippen LogP contribution in [0.25, 0.3) is 10.2 Å². The number of pyridine rings is 2. The average molecular weight is 324 g/mol. The van der Waals surface area contributed by atoms with Crippen LogP contribution in [-0.4, -0.2) is 39.9 Å². The third-order valence-corrected chi connectivity index (χ3v) is 5.04. The van der Waals surface area contributed by atoms with Crippen molar-refractivity contribution >= 4 is 33.1 Å². The van der Waals surface area contributed by atoms with Gasteiger partial charge in [0.1, 0.15) is 0 Å². The Morgan fingerprint density at radius 3 is 2.96 bits per heavy atom. The number of aromatic nitrogens is 2. The molecular weight excluding hydrogens is 308 g/mol. The second-order valence-corrected chi connectivity index (χ2v) is 6.53. The van der Waals surface area contributed by atoms with Crippen LogP contribution in [0.4, 0.5) is 5.69 Å². The lowest BCUT2D eigenvalue weighted by Crippen LogP contribution is -2.31. The molecule has 1 atom stereocenters. The van der Waals surface area contributed by atoms with E-state index in [9.17, 15) is 4.79 Å². The van der Waals surface area contributed by atoms with Gasteiger partial charge in [-0.25, -0.2) is 0 Å². The van der Waals surface area contributed by atoms with Crippen molar-refractivity contribution in [3.8, 4) is 0 Å². The van der Waals surface area contributed by atoms with Crippen LogP contribution in [0.5, 0.6) is 0 Å². The first-order valence-corrected chi connectivity index (χ1v) is 8.47. The Morgan fingerprint density at radius 1 is 1.22 bits per heavy atom. The predicted molar refractivity (Wildman–Crippen MR) is 91.8 cm³/mol. The highest BCUT2D eigenvalue weighted by Crippen LogP contribution is 2.28. The molecule has 0 aliphatic carbocycles. The van der Waals surface area contributed by atoms with Crippen molar-refractivity contribution in [2.45, 2.75) is 12.5 Å². The van der Waals surface area contributed by atoms with Crippen LogP contribution in [0, 0.1) is 0 Å². The number of hydrogen-bond donors (Lipinski definition) is 1. The van der Waals surface area contributed by atoms with Gasteiger partial charge in [-0.3, -0.25) is 14.8 Å². The average Bonchev–Trinajstić information content (AvgIpc) is 3.25. The maximum Gasteiger partial charge on any atom is 0.254 e. The summed E-state index contributed by atoms with van der Waals surface area (Å²) in [6.45, 7) is 1.49. The van der Waals surface area contributed by atoms with E-state index in [-0.39, 0.29) is 11.9 Å². The summed E-state index contributed by atoms with van der Waals surface area (Å²) in [4.78, 5) is 22.7. The highest BCUT2D eigenvalue weighted by atomic mass is 32.1. The first-order valence-electron chi connectivity index (χ1n) is 7.59. The fourth-order valence-corrected chi connectivity index (χ4v) is 3.78. The van der Waals surface area contributed by atoms with Gasteiger partial charge < -0.3 is 10.2 Å². The second kappa shape index (κ2) is 5.96. The summed E-state index contributed by atoms with van der Waals surface area (Å²) in [5.74, 6) is 0.0766. The number of anilines is 1. The zero-order valence-corrected chi connectivity index (χ0v) is 13.3. The minimum atomic E-state index is 0.0766. The molecule has 0 radical (unpaired) electrons. The molecule has 0 saturated carbocycles. The van der Waals surface area contributed by atoms with Gasteiger partial charge in [0, 0.05) is 43.3 Å². The highest BCUT2D eigenvalue weighted by molar-refractivity contribution is 7.17. The van der Waals surface area contributed by atoms with Crippen LogP contribution in [0.2, 0.25) is 0 Å². The number of thiophene rings is 1. The first kappa shape index (κ1) is 14.1. The molecule has 1 fully saturated rings. The largest absolute Gasteiger partial charge is 0.379 e. The van der Waals surface area contributed by atoms with Crippen molar-refractivity contribution in [3.63, 3.8) is 0 Å². The van der Waals surface area contributed by atoms with E-state index in [1.165, 1.54) is 4.70 Å². The summed E-state index contributed by atoms with van der Waals surface area (Å²) in [5.41, 5.74) is 2.82. The third kappa shape index (κ3) is 2.77. The molecule has 1 aliphatic heterocycles. The molecule has 0 bridgehead atoms. The first-order chi connectivity index (χ1) is 11.3. The van der Waals surface area contributed by atoms with Crippen LogP contribution in [-0.2, 0) is 0 Å². The van der Waals surface area contributed by atoms with Crippen LogP contribution >= 0.6 is 11.3 Å². The molecule has 0 unspecified atom stereocenters. The van der Waals surface area contributed by atoms with E-state index in [1.807, 2.05) is 23.2 Å². The number of amides is 1. The predicted octanol–water partition coefficient (Wildman–Crippen LogP) is 3.02. The lowest BCUT2D eigenvalue weighted by atomic mass is 10.2. The van der Waals surface area contributed by atoms with Crippen LogP contribution < -0.4 is 5.32 Å². The Labute approximate surface area is 138 Å². The van der Waals surface area contributed by atoms with Crippen LogP contribution in [0.3, 0.4) is 0 Å². The minimum absolute atomic E-state index is 0.0766. The van der Waals surface area contributed by atoms with Gasteiger partial charge in [0.15, 0.2) is 0 Å². The Kier molecular flexibility index (Phi) is 3.67. The minimum Gasteiger partial charge on any atom is -0.379 e. The molecule has 0 aromatic carbocycles. The van der Waals surface area contributed by atoms with Crippen molar-refractivity contribution in [3.05, 3.63) is 53.8 Å². The van der Waals surface area contributed by atoms with Crippen molar-refractivity contribution in [1.82, 2.24) is 14.9 Å². The monoisotopic (exact) mass is 324 g/mol. The standard InChI is InChI=1S/C17H16N4OS/c22-17(12-1-6-18-7-2-12)21-9-4-13(11-21)20-15-3-8-19-14-5-10-23-16(14)15/h1-3,5-8,10,13H,4,9,11H2,(H,19,20)/t13-/m0/s1. The molecule has 4 heterocycles. The fraction of sp³-hybridized carbons (Fsp3) is 0.235. The maximum atomic E-state index is 12.5. The lowest BCUT2D eigenvalue weighted by Gasteiger charge is -2.18. The molecule has 116 valence electrons. The summed E-state index contributed by atoms with van der Waals surface area (Å²) in [6, 6.07) is 7.83. The molecule has 3 aromatic heterocycles. The Morgan fingerprint density at radius 2 is 2.09 bits per heavy atom. The van der Waals surface area contributed by atoms with Gasteiger partial charge in [0.05, 0.1) is 15.9 Å².